The lowest BCUT2D eigenvalue weighted by atomic mass is 10.1. The Labute approximate surface area is 160 Å². The molecule has 0 atom stereocenters. The second-order valence-electron chi connectivity index (χ2n) is 5.83. The predicted octanol–water partition coefficient (Wildman–Crippen LogP) is 4.94. The number of hydrogen-bond acceptors (Lipinski definition) is 4. The van der Waals surface area contributed by atoms with Crippen LogP contribution in [-0.2, 0) is 5.75 Å². The second-order valence-corrected chi connectivity index (χ2v) is 7.73. The van der Waals surface area contributed by atoms with Crippen molar-refractivity contribution in [2.75, 3.05) is 20.2 Å². The molecule has 132 valence electrons. The minimum absolute atomic E-state index is 0.175. The maximum absolute atomic E-state index is 14.8. The fraction of sp³-hybridized carbons (Fsp3) is 0.316. The molecule has 0 saturated carbocycles. The van der Waals surface area contributed by atoms with E-state index in [1.165, 1.54) is 11.8 Å². The van der Waals surface area contributed by atoms with Gasteiger partial charge in [-0.2, -0.15) is 0 Å². The number of nitrogens with zero attached hydrogens (tertiary/aromatic N) is 1. The Morgan fingerprint density at radius 1 is 1.32 bits per heavy atom. The fourth-order valence-electron chi connectivity index (χ4n) is 2.70. The van der Waals surface area contributed by atoms with Gasteiger partial charge >= 0.3 is 0 Å². The van der Waals surface area contributed by atoms with Crippen LogP contribution >= 0.6 is 27.7 Å². The van der Waals surface area contributed by atoms with Gasteiger partial charge in [0.25, 0.3) is 0 Å². The maximum Gasteiger partial charge on any atom is 0.140 e. The summed E-state index contributed by atoms with van der Waals surface area (Å²) in [5.74, 6) is 2.03. The summed E-state index contributed by atoms with van der Waals surface area (Å²) in [6, 6.07) is 9.63. The monoisotopic (exact) mass is 422 g/mol. The smallest absolute Gasteiger partial charge is 0.140 e. The van der Waals surface area contributed by atoms with Crippen LogP contribution in [0.5, 0.6) is 5.75 Å². The van der Waals surface area contributed by atoms with E-state index in [2.05, 4.69) is 26.2 Å². The highest BCUT2D eigenvalue weighted by molar-refractivity contribution is 9.10. The van der Waals surface area contributed by atoms with E-state index in [-0.39, 0.29) is 5.82 Å². The van der Waals surface area contributed by atoms with Gasteiger partial charge in [-0.3, -0.25) is 4.99 Å². The average Bonchev–Trinajstić information content (AvgIpc) is 2.63. The SMILES string of the molecule is COc1ccc(Br)cc1CSc1c(C2=NCCCN2)ccc(C)c1F. The maximum atomic E-state index is 14.8. The van der Waals surface area contributed by atoms with Crippen LogP contribution in [0.15, 0.2) is 44.7 Å². The summed E-state index contributed by atoms with van der Waals surface area (Å²) in [5, 5.41) is 3.29. The first kappa shape index (κ1) is 18.3. The number of ether oxygens (including phenoxy) is 1. The Balaban J connectivity index is 1.93. The summed E-state index contributed by atoms with van der Waals surface area (Å²) in [6.07, 6.45) is 1.01. The highest BCUT2D eigenvalue weighted by atomic mass is 79.9. The number of thioether (sulfide) groups is 1. The third-order valence-corrected chi connectivity index (χ3v) is 5.69. The molecule has 1 heterocycles. The van der Waals surface area contributed by atoms with Crippen molar-refractivity contribution in [3.63, 3.8) is 0 Å². The van der Waals surface area contributed by atoms with Crippen molar-refractivity contribution in [2.45, 2.75) is 24.0 Å². The Bertz CT molecular complexity index is 810. The van der Waals surface area contributed by atoms with Crippen LogP contribution in [-0.4, -0.2) is 26.0 Å². The van der Waals surface area contributed by atoms with Gasteiger partial charge in [0.15, 0.2) is 0 Å². The van der Waals surface area contributed by atoms with Gasteiger partial charge in [-0.05, 0) is 43.2 Å². The minimum atomic E-state index is -0.175. The summed E-state index contributed by atoms with van der Waals surface area (Å²) in [5.41, 5.74) is 2.50. The van der Waals surface area contributed by atoms with Crippen molar-refractivity contribution < 1.29 is 9.13 Å². The molecule has 0 fully saturated rings. The van der Waals surface area contributed by atoms with Crippen LogP contribution in [0.1, 0.15) is 23.1 Å². The van der Waals surface area contributed by atoms with Gasteiger partial charge in [0.1, 0.15) is 17.4 Å². The second kappa shape index (κ2) is 8.23. The number of aliphatic imine (C=N–C) groups is 1. The molecule has 3 nitrogen and oxygen atoms in total. The molecular formula is C19H20BrFN2OS. The van der Waals surface area contributed by atoms with Crippen molar-refractivity contribution in [1.29, 1.82) is 0 Å². The zero-order valence-corrected chi connectivity index (χ0v) is 16.6. The first-order valence-electron chi connectivity index (χ1n) is 8.13. The first-order valence-corrected chi connectivity index (χ1v) is 9.91. The van der Waals surface area contributed by atoms with Gasteiger partial charge in [-0.15, -0.1) is 11.8 Å². The number of amidine groups is 1. The zero-order chi connectivity index (χ0) is 17.8. The molecule has 1 N–H and O–H groups in total. The Morgan fingerprint density at radius 2 is 2.16 bits per heavy atom. The van der Waals surface area contributed by atoms with Crippen molar-refractivity contribution in [3.8, 4) is 5.75 Å². The number of rotatable bonds is 5. The summed E-state index contributed by atoms with van der Waals surface area (Å²) in [6.45, 7) is 3.44. The molecule has 1 aliphatic rings. The molecule has 0 unspecified atom stereocenters. The predicted molar refractivity (Wildman–Crippen MR) is 105 cm³/mol. The molecule has 0 spiro atoms. The van der Waals surface area contributed by atoms with E-state index in [0.717, 1.165) is 46.7 Å². The number of methoxy groups -OCH3 is 1. The van der Waals surface area contributed by atoms with Crippen LogP contribution in [0.4, 0.5) is 4.39 Å². The largest absolute Gasteiger partial charge is 0.496 e. The molecule has 0 aromatic heterocycles. The molecule has 0 bridgehead atoms. The van der Waals surface area contributed by atoms with Crippen LogP contribution in [0.2, 0.25) is 0 Å². The number of hydrogen-bond donors (Lipinski definition) is 1. The summed E-state index contributed by atoms with van der Waals surface area (Å²) < 4.78 is 21.2. The third kappa shape index (κ3) is 4.18. The van der Waals surface area contributed by atoms with E-state index < -0.39 is 0 Å². The van der Waals surface area contributed by atoms with Gasteiger partial charge in [-0.1, -0.05) is 22.0 Å². The molecule has 0 aliphatic carbocycles. The van der Waals surface area contributed by atoms with E-state index in [4.69, 9.17) is 4.74 Å². The van der Waals surface area contributed by atoms with Gasteiger partial charge < -0.3 is 10.1 Å². The number of nitrogens with one attached hydrogen (secondary N) is 1. The van der Waals surface area contributed by atoms with Crippen molar-refractivity contribution in [1.82, 2.24) is 5.32 Å². The number of aryl methyl sites for hydroxylation is 1. The lowest BCUT2D eigenvalue weighted by Gasteiger charge is -2.19. The van der Waals surface area contributed by atoms with Gasteiger partial charge in [0, 0.05) is 34.4 Å². The van der Waals surface area contributed by atoms with E-state index in [0.29, 0.717) is 16.2 Å². The van der Waals surface area contributed by atoms with Crippen molar-refractivity contribution in [2.24, 2.45) is 4.99 Å². The van der Waals surface area contributed by atoms with Gasteiger partial charge in [-0.25, -0.2) is 4.39 Å². The molecule has 2 aromatic rings. The normalized spacial score (nSPS) is 14.0. The third-order valence-electron chi connectivity index (χ3n) is 4.06. The van der Waals surface area contributed by atoms with E-state index in [9.17, 15) is 4.39 Å². The van der Waals surface area contributed by atoms with E-state index in [1.807, 2.05) is 30.3 Å². The van der Waals surface area contributed by atoms with Gasteiger partial charge in [0.2, 0.25) is 0 Å². The van der Waals surface area contributed by atoms with Crippen LogP contribution in [0.25, 0.3) is 0 Å². The van der Waals surface area contributed by atoms with E-state index in [1.54, 1.807) is 14.0 Å². The molecular weight excluding hydrogens is 403 g/mol. The Hall–Kier alpha value is -1.53. The lowest BCUT2D eigenvalue weighted by Crippen LogP contribution is -2.30. The van der Waals surface area contributed by atoms with E-state index >= 15 is 0 Å². The number of benzene rings is 2. The first-order chi connectivity index (χ1) is 12.1. The molecule has 0 saturated heterocycles. The Kier molecular flexibility index (Phi) is 6.02. The molecule has 2 aromatic carbocycles. The summed E-state index contributed by atoms with van der Waals surface area (Å²) in [4.78, 5) is 5.16. The minimum Gasteiger partial charge on any atom is -0.496 e. The number of halogens is 2. The molecule has 0 radical (unpaired) electrons. The molecule has 25 heavy (non-hydrogen) atoms. The standard InChI is InChI=1S/C19H20BrFN2OS/c1-12-4-6-15(19-22-8-3-9-23-19)18(17(12)21)25-11-13-10-14(20)5-7-16(13)24-2/h4-7,10H,3,8-9,11H2,1-2H3,(H,22,23). The fourth-order valence-corrected chi connectivity index (χ4v) is 4.25. The van der Waals surface area contributed by atoms with Crippen LogP contribution in [0.3, 0.4) is 0 Å². The molecule has 3 rings (SSSR count). The Morgan fingerprint density at radius 3 is 2.88 bits per heavy atom. The molecule has 1 aliphatic heterocycles. The van der Waals surface area contributed by atoms with Crippen molar-refractivity contribution >= 4 is 33.5 Å². The topological polar surface area (TPSA) is 33.6 Å². The highest BCUT2D eigenvalue weighted by Crippen LogP contribution is 2.34. The van der Waals surface area contributed by atoms with Crippen LogP contribution in [0, 0.1) is 12.7 Å². The summed E-state index contributed by atoms with van der Waals surface area (Å²) >= 11 is 4.96. The molecule has 6 heteroatoms. The lowest BCUT2D eigenvalue weighted by molar-refractivity contribution is 0.411. The summed E-state index contributed by atoms with van der Waals surface area (Å²) in [7, 11) is 1.65. The van der Waals surface area contributed by atoms with Crippen LogP contribution < -0.4 is 10.1 Å². The van der Waals surface area contributed by atoms with Gasteiger partial charge in [0.05, 0.1) is 12.0 Å². The molecule has 0 amide bonds. The van der Waals surface area contributed by atoms with Crippen molar-refractivity contribution in [3.05, 3.63) is 57.3 Å². The zero-order valence-electron chi connectivity index (χ0n) is 14.2. The average molecular weight is 423 g/mol. The quantitative estimate of drug-likeness (QED) is 0.692. The highest BCUT2D eigenvalue weighted by Gasteiger charge is 2.18.